The van der Waals surface area contributed by atoms with E-state index in [0.29, 0.717) is 16.5 Å². The maximum absolute atomic E-state index is 6.20. The Morgan fingerprint density at radius 2 is 1.67 bits per heavy atom. The highest BCUT2D eigenvalue weighted by Gasteiger charge is 2.10. The standard InChI is InChI=1S/C16H12Cl2N2S/c17-13-2-1-3-14(18)12(13)8-16-20-15(9-21-16)10-4-6-11(19)7-5-10/h1-7,9H,8,19H2. The van der Waals surface area contributed by atoms with Gasteiger partial charge in [0.05, 0.1) is 10.7 Å². The zero-order valence-electron chi connectivity index (χ0n) is 11.0. The summed E-state index contributed by atoms with van der Waals surface area (Å²) in [5.74, 6) is 0. The summed E-state index contributed by atoms with van der Waals surface area (Å²) >= 11 is 14.0. The lowest BCUT2D eigenvalue weighted by Gasteiger charge is -2.04. The molecule has 106 valence electrons. The van der Waals surface area contributed by atoms with Crippen LogP contribution in [0.25, 0.3) is 11.3 Å². The van der Waals surface area contributed by atoms with Crippen molar-refractivity contribution in [3.05, 3.63) is 68.5 Å². The van der Waals surface area contributed by atoms with Gasteiger partial charge in [0.1, 0.15) is 0 Å². The van der Waals surface area contributed by atoms with Crippen LogP contribution in [0, 0.1) is 0 Å². The Kier molecular flexibility index (Phi) is 4.15. The predicted molar refractivity (Wildman–Crippen MR) is 91.2 cm³/mol. The van der Waals surface area contributed by atoms with Gasteiger partial charge in [0.2, 0.25) is 0 Å². The van der Waals surface area contributed by atoms with E-state index < -0.39 is 0 Å². The maximum Gasteiger partial charge on any atom is 0.0977 e. The van der Waals surface area contributed by atoms with Crippen molar-refractivity contribution in [2.24, 2.45) is 0 Å². The zero-order chi connectivity index (χ0) is 14.8. The van der Waals surface area contributed by atoms with Gasteiger partial charge in [-0.25, -0.2) is 4.98 Å². The van der Waals surface area contributed by atoms with Crippen molar-refractivity contribution >= 4 is 40.2 Å². The van der Waals surface area contributed by atoms with Gasteiger partial charge in [-0.05, 0) is 29.8 Å². The van der Waals surface area contributed by atoms with Crippen molar-refractivity contribution in [2.45, 2.75) is 6.42 Å². The monoisotopic (exact) mass is 334 g/mol. The van der Waals surface area contributed by atoms with E-state index in [4.69, 9.17) is 28.9 Å². The molecule has 0 aliphatic carbocycles. The van der Waals surface area contributed by atoms with Gasteiger partial charge in [0.15, 0.2) is 0 Å². The summed E-state index contributed by atoms with van der Waals surface area (Å²) in [6.45, 7) is 0. The fraction of sp³-hybridized carbons (Fsp3) is 0.0625. The number of anilines is 1. The molecule has 1 aromatic heterocycles. The summed E-state index contributed by atoms with van der Waals surface area (Å²) in [5.41, 5.74) is 9.36. The number of nitrogens with zero attached hydrogens (tertiary/aromatic N) is 1. The summed E-state index contributed by atoms with van der Waals surface area (Å²) in [4.78, 5) is 4.65. The van der Waals surface area contributed by atoms with E-state index in [-0.39, 0.29) is 0 Å². The normalized spacial score (nSPS) is 10.8. The smallest absolute Gasteiger partial charge is 0.0977 e. The predicted octanol–water partition coefficient (Wildman–Crippen LogP) is 5.29. The minimum atomic E-state index is 0.637. The molecular weight excluding hydrogens is 323 g/mol. The Morgan fingerprint density at radius 3 is 2.33 bits per heavy atom. The van der Waals surface area contributed by atoms with Crippen molar-refractivity contribution in [2.75, 3.05) is 5.73 Å². The lowest BCUT2D eigenvalue weighted by molar-refractivity contribution is 1.14. The lowest BCUT2D eigenvalue weighted by atomic mass is 10.1. The average Bonchev–Trinajstić information content (AvgIpc) is 2.92. The molecule has 3 rings (SSSR count). The highest BCUT2D eigenvalue weighted by atomic mass is 35.5. The molecule has 0 unspecified atom stereocenters. The first-order chi connectivity index (χ1) is 10.1. The van der Waals surface area contributed by atoms with Crippen molar-refractivity contribution < 1.29 is 0 Å². The van der Waals surface area contributed by atoms with Crippen LogP contribution in [-0.4, -0.2) is 4.98 Å². The third kappa shape index (κ3) is 3.21. The number of nitrogens with two attached hydrogens (primary N) is 1. The van der Waals surface area contributed by atoms with Crippen LogP contribution in [0.3, 0.4) is 0 Å². The third-order valence-electron chi connectivity index (χ3n) is 3.15. The fourth-order valence-corrected chi connectivity index (χ4v) is 3.38. The number of hydrogen-bond acceptors (Lipinski definition) is 3. The second-order valence-corrected chi connectivity index (χ2v) is 6.38. The van der Waals surface area contributed by atoms with Gasteiger partial charge in [-0.15, -0.1) is 11.3 Å². The van der Waals surface area contributed by atoms with Gasteiger partial charge < -0.3 is 5.73 Å². The molecule has 0 aliphatic heterocycles. The number of thiazole rings is 1. The molecule has 0 atom stereocenters. The molecule has 0 saturated carbocycles. The van der Waals surface area contributed by atoms with E-state index in [1.165, 1.54) is 0 Å². The van der Waals surface area contributed by atoms with Gasteiger partial charge in [-0.1, -0.05) is 41.4 Å². The fourth-order valence-electron chi connectivity index (χ4n) is 2.03. The molecule has 5 heteroatoms. The average molecular weight is 335 g/mol. The highest BCUT2D eigenvalue weighted by Crippen LogP contribution is 2.29. The Bertz CT molecular complexity index is 746. The van der Waals surface area contributed by atoms with E-state index in [1.54, 1.807) is 11.3 Å². The van der Waals surface area contributed by atoms with Crippen LogP contribution in [0.15, 0.2) is 47.8 Å². The number of benzene rings is 2. The summed E-state index contributed by atoms with van der Waals surface area (Å²) in [5, 5.41) is 4.36. The van der Waals surface area contributed by atoms with Gasteiger partial charge >= 0.3 is 0 Å². The topological polar surface area (TPSA) is 38.9 Å². The van der Waals surface area contributed by atoms with Crippen LogP contribution in [0.5, 0.6) is 0 Å². The van der Waals surface area contributed by atoms with Crippen molar-refractivity contribution in [1.29, 1.82) is 0 Å². The first-order valence-electron chi connectivity index (χ1n) is 6.36. The Hall–Kier alpha value is -1.55. The lowest BCUT2D eigenvalue weighted by Crippen LogP contribution is -1.90. The van der Waals surface area contributed by atoms with Gasteiger partial charge in [-0.2, -0.15) is 0 Å². The van der Waals surface area contributed by atoms with Crippen LogP contribution < -0.4 is 5.73 Å². The van der Waals surface area contributed by atoms with Crippen LogP contribution in [0.2, 0.25) is 10.0 Å². The van der Waals surface area contributed by atoms with E-state index >= 15 is 0 Å². The molecule has 2 aromatic carbocycles. The second-order valence-electron chi connectivity index (χ2n) is 4.63. The molecule has 0 amide bonds. The summed E-state index contributed by atoms with van der Waals surface area (Å²) in [6, 6.07) is 13.2. The molecule has 0 radical (unpaired) electrons. The van der Waals surface area contributed by atoms with E-state index in [2.05, 4.69) is 4.98 Å². The molecule has 21 heavy (non-hydrogen) atoms. The first-order valence-corrected chi connectivity index (χ1v) is 8.00. The quantitative estimate of drug-likeness (QED) is 0.661. The summed E-state index contributed by atoms with van der Waals surface area (Å²) in [7, 11) is 0. The largest absolute Gasteiger partial charge is 0.399 e. The van der Waals surface area contributed by atoms with E-state index in [1.807, 2.05) is 47.8 Å². The Labute approximate surface area is 137 Å². The molecule has 1 heterocycles. The van der Waals surface area contributed by atoms with Crippen LogP contribution in [0.4, 0.5) is 5.69 Å². The van der Waals surface area contributed by atoms with Crippen molar-refractivity contribution in [3.63, 3.8) is 0 Å². The number of rotatable bonds is 3. The van der Waals surface area contributed by atoms with E-state index in [0.717, 1.165) is 27.5 Å². The molecular formula is C16H12Cl2N2S. The minimum absolute atomic E-state index is 0.637. The number of nitrogen functional groups attached to an aromatic ring is 1. The number of halogens is 2. The summed E-state index contributed by atoms with van der Waals surface area (Å²) in [6.07, 6.45) is 0.637. The number of aromatic nitrogens is 1. The van der Waals surface area contributed by atoms with Crippen molar-refractivity contribution in [3.8, 4) is 11.3 Å². The van der Waals surface area contributed by atoms with Crippen LogP contribution >= 0.6 is 34.5 Å². The molecule has 0 spiro atoms. The molecule has 0 bridgehead atoms. The van der Waals surface area contributed by atoms with E-state index in [9.17, 15) is 0 Å². The Balaban J connectivity index is 1.87. The van der Waals surface area contributed by atoms with Crippen LogP contribution in [-0.2, 0) is 6.42 Å². The molecule has 2 N–H and O–H groups in total. The van der Waals surface area contributed by atoms with Gasteiger partial charge in [-0.3, -0.25) is 0 Å². The molecule has 0 saturated heterocycles. The van der Waals surface area contributed by atoms with Crippen molar-refractivity contribution in [1.82, 2.24) is 4.98 Å². The summed E-state index contributed by atoms with van der Waals surface area (Å²) < 4.78 is 0. The zero-order valence-corrected chi connectivity index (χ0v) is 13.3. The molecule has 3 aromatic rings. The maximum atomic E-state index is 6.20. The molecule has 0 fully saturated rings. The minimum Gasteiger partial charge on any atom is -0.399 e. The first kappa shape index (κ1) is 14.4. The molecule has 0 aliphatic rings. The number of hydrogen-bond donors (Lipinski definition) is 1. The third-order valence-corrected chi connectivity index (χ3v) is 4.70. The SMILES string of the molecule is Nc1ccc(-c2csc(Cc3c(Cl)cccc3Cl)n2)cc1. The highest BCUT2D eigenvalue weighted by molar-refractivity contribution is 7.10. The van der Waals surface area contributed by atoms with Crippen LogP contribution in [0.1, 0.15) is 10.6 Å². The Morgan fingerprint density at radius 1 is 1.00 bits per heavy atom. The van der Waals surface area contributed by atoms with Gasteiger partial charge in [0.25, 0.3) is 0 Å². The van der Waals surface area contributed by atoms with Gasteiger partial charge in [0, 0.05) is 33.1 Å². The second kappa shape index (κ2) is 6.06. The molecule has 2 nitrogen and oxygen atoms in total.